The van der Waals surface area contributed by atoms with E-state index in [0.717, 1.165) is 22.3 Å². The summed E-state index contributed by atoms with van der Waals surface area (Å²) in [5, 5.41) is 0. The lowest BCUT2D eigenvalue weighted by Crippen LogP contribution is -1.96. The van der Waals surface area contributed by atoms with Crippen molar-refractivity contribution in [3.05, 3.63) is 36.7 Å². The first-order chi connectivity index (χ1) is 14.1. The summed E-state index contributed by atoms with van der Waals surface area (Å²) >= 11 is 0. The van der Waals surface area contributed by atoms with Crippen molar-refractivity contribution in [1.82, 2.24) is 4.98 Å². The molecule has 0 fully saturated rings. The molecule has 3 rings (SSSR count). The van der Waals surface area contributed by atoms with E-state index >= 15 is 0 Å². The van der Waals surface area contributed by atoms with Gasteiger partial charge in [0.15, 0.2) is 23.0 Å². The molecule has 0 aliphatic heterocycles. The Morgan fingerprint density at radius 1 is 0.483 bits per heavy atom. The third-order valence-corrected chi connectivity index (χ3v) is 4.70. The van der Waals surface area contributed by atoms with Gasteiger partial charge >= 0.3 is 0 Å². The Morgan fingerprint density at radius 2 is 0.793 bits per heavy atom. The molecule has 0 atom stereocenters. The van der Waals surface area contributed by atoms with Crippen LogP contribution in [0.2, 0.25) is 0 Å². The quantitative estimate of drug-likeness (QED) is 0.605. The summed E-state index contributed by atoms with van der Waals surface area (Å²) in [6.45, 7) is 0. The van der Waals surface area contributed by atoms with E-state index in [1.54, 1.807) is 42.7 Å². The Morgan fingerprint density at radius 3 is 1.03 bits per heavy atom. The van der Waals surface area contributed by atoms with Gasteiger partial charge in [-0.15, -0.1) is 0 Å². The highest BCUT2D eigenvalue weighted by Gasteiger charge is 2.19. The molecule has 0 radical (unpaired) electrons. The second-order valence-electron chi connectivity index (χ2n) is 6.11. The van der Waals surface area contributed by atoms with Crippen LogP contribution in [-0.4, -0.2) is 47.6 Å². The molecule has 0 saturated heterocycles. The van der Waals surface area contributed by atoms with E-state index in [9.17, 15) is 0 Å². The van der Waals surface area contributed by atoms with Crippen molar-refractivity contribution >= 4 is 0 Å². The molecule has 29 heavy (non-hydrogen) atoms. The number of hydrogen-bond acceptors (Lipinski definition) is 6. The average Bonchev–Trinajstić information content (AvgIpc) is 3.26. The van der Waals surface area contributed by atoms with Crippen molar-refractivity contribution in [1.29, 1.82) is 0 Å². The molecule has 0 saturated carbocycles. The van der Waals surface area contributed by atoms with E-state index in [-0.39, 0.29) is 0 Å². The summed E-state index contributed by atoms with van der Waals surface area (Å²) in [6, 6.07) is 7.63. The Bertz CT molecular complexity index is 867. The number of methoxy groups -OCH3 is 6. The van der Waals surface area contributed by atoms with Crippen LogP contribution < -0.4 is 28.4 Å². The van der Waals surface area contributed by atoms with Crippen molar-refractivity contribution in [2.45, 2.75) is 0 Å². The molecule has 0 unspecified atom stereocenters. The molecular formula is C22H25NO6. The van der Waals surface area contributed by atoms with Crippen LogP contribution >= 0.6 is 0 Å². The number of hydrogen-bond donors (Lipinski definition) is 1. The normalized spacial score (nSPS) is 10.4. The van der Waals surface area contributed by atoms with Gasteiger partial charge in [0.2, 0.25) is 11.5 Å². The predicted octanol–water partition coefficient (Wildman–Crippen LogP) is 4.40. The Hall–Kier alpha value is -3.48. The lowest BCUT2D eigenvalue weighted by Gasteiger charge is -2.16. The minimum atomic E-state index is 0.545. The van der Waals surface area contributed by atoms with Gasteiger partial charge in [0, 0.05) is 23.5 Å². The number of ether oxygens (including phenoxy) is 6. The van der Waals surface area contributed by atoms with E-state index < -0.39 is 0 Å². The molecule has 0 aliphatic carbocycles. The zero-order valence-electron chi connectivity index (χ0n) is 17.4. The molecule has 154 valence electrons. The zero-order valence-corrected chi connectivity index (χ0v) is 17.4. The third kappa shape index (κ3) is 3.63. The first-order valence-corrected chi connectivity index (χ1v) is 8.89. The summed E-state index contributed by atoms with van der Waals surface area (Å²) in [5.41, 5.74) is 3.73. The number of benzene rings is 2. The topological polar surface area (TPSA) is 71.2 Å². The van der Waals surface area contributed by atoms with Gasteiger partial charge in [-0.2, -0.15) is 0 Å². The maximum atomic E-state index is 5.49. The average molecular weight is 399 g/mol. The summed E-state index contributed by atoms with van der Waals surface area (Å²) < 4.78 is 32.8. The number of H-pyrrole nitrogens is 1. The van der Waals surface area contributed by atoms with Crippen LogP contribution in [0.3, 0.4) is 0 Å². The number of aromatic nitrogens is 1. The van der Waals surface area contributed by atoms with E-state index in [2.05, 4.69) is 4.98 Å². The van der Waals surface area contributed by atoms with Crippen molar-refractivity contribution in [3.63, 3.8) is 0 Å². The molecule has 1 heterocycles. The van der Waals surface area contributed by atoms with Crippen LogP contribution in [0.5, 0.6) is 34.5 Å². The maximum Gasteiger partial charge on any atom is 0.203 e. The Kier molecular flexibility index (Phi) is 6.07. The number of aromatic amines is 1. The first kappa shape index (κ1) is 20.3. The maximum absolute atomic E-state index is 5.49. The van der Waals surface area contributed by atoms with E-state index in [4.69, 9.17) is 28.4 Å². The third-order valence-electron chi connectivity index (χ3n) is 4.70. The highest BCUT2D eigenvalue weighted by molar-refractivity contribution is 5.86. The van der Waals surface area contributed by atoms with Crippen molar-refractivity contribution in [2.75, 3.05) is 42.7 Å². The monoisotopic (exact) mass is 399 g/mol. The standard InChI is InChI=1S/C22H25NO6/c1-24-17-7-13(8-18(25-2)21(17)28-5)15-11-23-12-16(15)14-9-19(26-3)22(29-6)20(10-14)27-4/h7-12,23H,1-6H3. The van der Waals surface area contributed by atoms with Gasteiger partial charge in [0.25, 0.3) is 0 Å². The van der Waals surface area contributed by atoms with E-state index in [0.29, 0.717) is 34.5 Å². The second kappa shape index (κ2) is 8.68. The molecule has 0 aliphatic rings. The van der Waals surface area contributed by atoms with Crippen molar-refractivity contribution < 1.29 is 28.4 Å². The van der Waals surface area contributed by atoms with Gasteiger partial charge in [-0.1, -0.05) is 0 Å². The summed E-state index contributed by atoms with van der Waals surface area (Å²) in [4.78, 5) is 3.18. The lowest BCUT2D eigenvalue weighted by atomic mass is 9.97. The van der Waals surface area contributed by atoms with Crippen LogP contribution in [0.1, 0.15) is 0 Å². The van der Waals surface area contributed by atoms with Gasteiger partial charge in [0.05, 0.1) is 42.7 Å². The smallest absolute Gasteiger partial charge is 0.203 e. The van der Waals surface area contributed by atoms with E-state index in [1.165, 1.54) is 0 Å². The predicted molar refractivity (Wildman–Crippen MR) is 111 cm³/mol. The summed E-state index contributed by atoms with van der Waals surface area (Å²) in [6.07, 6.45) is 3.83. The molecule has 0 bridgehead atoms. The summed E-state index contributed by atoms with van der Waals surface area (Å²) in [5.74, 6) is 3.42. The SMILES string of the molecule is COc1cc(-c2c[nH]cc2-c2cc(OC)c(OC)c(OC)c2)cc(OC)c1OC. The highest BCUT2D eigenvalue weighted by atomic mass is 16.5. The molecule has 7 nitrogen and oxygen atoms in total. The molecule has 1 N–H and O–H groups in total. The minimum absolute atomic E-state index is 0.545. The molecular weight excluding hydrogens is 374 g/mol. The molecule has 7 heteroatoms. The van der Waals surface area contributed by atoms with Gasteiger partial charge in [-0.25, -0.2) is 0 Å². The fourth-order valence-corrected chi connectivity index (χ4v) is 3.31. The molecule has 2 aromatic carbocycles. The van der Waals surface area contributed by atoms with Crippen LogP contribution in [-0.2, 0) is 0 Å². The van der Waals surface area contributed by atoms with Gasteiger partial charge in [0.1, 0.15) is 0 Å². The largest absolute Gasteiger partial charge is 0.493 e. The van der Waals surface area contributed by atoms with Gasteiger partial charge in [-0.05, 0) is 35.4 Å². The van der Waals surface area contributed by atoms with E-state index in [1.807, 2.05) is 36.7 Å². The Balaban J connectivity index is 2.19. The fourth-order valence-electron chi connectivity index (χ4n) is 3.31. The van der Waals surface area contributed by atoms with Crippen LogP contribution in [0.25, 0.3) is 22.3 Å². The number of nitrogens with one attached hydrogen (secondary N) is 1. The summed E-state index contributed by atoms with van der Waals surface area (Å²) in [7, 11) is 9.54. The Labute approximate surface area is 170 Å². The second-order valence-corrected chi connectivity index (χ2v) is 6.11. The molecule has 1 aromatic heterocycles. The minimum Gasteiger partial charge on any atom is -0.493 e. The first-order valence-electron chi connectivity index (χ1n) is 8.89. The lowest BCUT2D eigenvalue weighted by molar-refractivity contribution is 0.324. The van der Waals surface area contributed by atoms with Crippen LogP contribution in [0.15, 0.2) is 36.7 Å². The van der Waals surface area contributed by atoms with Gasteiger partial charge in [-0.3, -0.25) is 0 Å². The van der Waals surface area contributed by atoms with Crippen LogP contribution in [0, 0.1) is 0 Å². The van der Waals surface area contributed by atoms with Crippen molar-refractivity contribution in [2.24, 2.45) is 0 Å². The van der Waals surface area contributed by atoms with Crippen molar-refractivity contribution in [3.8, 4) is 56.8 Å². The van der Waals surface area contributed by atoms with Crippen LogP contribution in [0.4, 0.5) is 0 Å². The molecule has 0 spiro atoms. The number of rotatable bonds is 8. The zero-order chi connectivity index (χ0) is 21.0. The highest BCUT2D eigenvalue weighted by Crippen LogP contribution is 2.46. The van der Waals surface area contributed by atoms with Gasteiger partial charge < -0.3 is 33.4 Å². The molecule has 3 aromatic rings. The molecule has 0 amide bonds. The fraction of sp³-hybridized carbons (Fsp3) is 0.273.